The van der Waals surface area contributed by atoms with E-state index >= 15 is 0 Å². The monoisotopic (exact) mass is 475 g/mol. The molecule has 2 aliphatic heterocycles. The summed E-state index contributed by atoms with van der Waals surface area (Å²) in [5.74, 6) is 1.01. The number of hydrogen-bond acceptors (Lipinski definition) is 4. The fourth-order valence-electron chi connectivity index (χ4n) is 5.84. The summed E-state index contributed by atoms with van der Waals surface area (Å²) >= 11 is 0. The zero-order valence-electron chi connectivity index (χ0n) is 20.2. The van der Waals surface area contributed by atoms with Crippen LogP contribution in [0.2, 0.25) is 0 Å². The van der Waals surface area contributed by atoms with E-state index in [-0.39, 0.29) is 34.7 Å². The molecule has 1 aliphatic carbocycles. The van der Waals surface area contributed by atoms with Crippen molar-refractivity contribution in [2.24, 2.45) is 17.8 Å². The maximum absolute atomic E-state index is 13.3. The van der Waals surface area contributed by atoms with Gasteiger partial charge in [0.05, 0.1) is 4.90 Å². The van der Waals surface area contributed by atoms with Crippen molar-refractivity contribution in [2.75, 3.05) is 18.0 Å². The van der Waals surface area contributed by atoms with Crippen LogP contribution in [0.1, 0.15) is 65.4 Å². The molecule has 182 valence electrons. The molecule has 1 saturated carbocycles. The first-order chi connectivity index (χ1) is 15.6. The number of benzene rings is 1. The lowest BCUT2D eigenvalue weighted by Crippen LogP contribution is -2.48. The van der Waals surface area contributed by atoms with Crippen molar-refractivity contribution >= 4 is 27.5 Å². The normalized spacial score (nSPS) is 29.0. The fourth-order valence-corrected chi connectivity index (χ4v) is 7.36. The van der Waals surface area contributed by atoms with Gasteiger partial charge in [0.15, 0.2) is 0 Å². The molecule has 2 amide bonds. The van der Waals surface area contributed by atoms with Crippen molar-refractivity contribution in [3.63, 3.8) is 0 Å². The third-order valence-corrected chi connectivity index (χ3v) is 10.00. The fraction of sp³-hybridized carbons (Fsp3) is 0.680. The Balaban J connectivity index is 1.39. The number of rotatable bonds is 4. The van der Waals surface area contributed by atoms with E-state index < -0.39 is 10.0 Å². The van der Waals surface area contributed by atoms with Gasteiger partial charge in [0.2, 0.25) is 21.8 Å². The van der Waals surface area contributed by atoms with E-state index in [2.05, 4.69) is 19.2 Å². The Labute approximate surface area is 198 Å². The number of nitrogens with zero attached hydrogens (tertiary/aromatic N) is 2. The van der Waals surface area contributed by atoms with Crippen molar-refractivity contribution in [1.29, 1.82) is 0 Å². The second kappa shape index (κ2) is 9.37. The number of piperidine rings is 1. The third-order valence-electron chi connectivity index (χ3n) is 8.10. The molecule has 4 rings (SSSR count). The molecule has 1 saturated heterocycles. The molecule has 1 aromatic rings. The highest BCUT2D eigenvalue weighted by molar-refractivity contribution is 7.89. The van der Waals surface area contributed by atoms with Crippen LogP contribution in [0.3, 0.4) is 0 Å². The minimum absolute atomic E-state index is 0.0274. The smallest absolute Gasteiger partial charge is 0.243 e. The Hall–Kier alpha value is -1.93. The summed E-state index contributed by atoms with van der Waals surface area (Å²) in [4.78, 5) is 26.8. The molecule has 0 aromatic heterocycles. The molecule has 3 aliphatic rings. The van der Waals surface area contributed by atoms with E-state index in [1.807, 2.05) is 6.92 Å². The Morgan fingerprint density at radius 2 is 1.73 bits per heavy atom. The summed E-state index contributed by atoms with van der Waals surface area (Å²) in [6.07, 6.45) is 5.14. The summed E-state index contributed by atoms with van der Waals surface area (Å²) in [5, 5.41) is 3.26. The van der Waals surface area contributed by atoms with Gasteiger partial charge in [-0.05, 0) is 68.2 Å². The first-order valence-corrected chi connectivity index (χ1v) is 13.8. The van der Waals surface area contributed by atoms with Gasteiger partial charge in [0.1, 0.15) is 0 Å². The third kappa shape index (κ3) is 4.69. The average Bonchev–Trinajstić information content (AvgIpc) is 3.12. The Morgan fingerprint density at radius 1 is 1.03 bits per heavy atom. The Kier molecular flexibility index (Phi) is 6.87. The van der Waals surface area contributed by atoms with Crippen LogP contribution in [-0.4, -0.2) is 49.7 Å². The van der Waals surface area contributed by atoms with Crippen molar-refractivity contribution in [3.05, 3.63) is 23.8 Å². The highest BCUT2D eigenvalue weighted by atomic mass is 32.2. The van der Waals surface area contributed by atoms with Gasteiger partial charge in [0.25, 0.3) is 0 Å². The summed E-state index contributed by atoms with van der Waals surface area (Å²) < 4.78 is 28.1. The van der Waals surface area contributed by atoms with Crippen LogP contribution in [0.4, 0.5) is 5.69 Å². The summed E-state index contributed by atoms with van der Waals surface area (Å²) in [5.41, 5.74) is 1.69. The number of carbonyl (C=O) groups is 2. The van der Waals surface area contributed by atoms with Crippen molar-refractivity contribution in [2.45, 2.75) is 83.2 Å². The van der Waals surface area contributed by atoms with Crippen LogP contribution in [-0.2, 0) is 26.0 Å². The number of sulfonamides is 1. The Bertz CT molecular complexity index is 1020. The molecule has 1 N–H and O–H groups in total. The van der Waals surface area contributed by atoms with Gasteiger partial charge >= 0.3 is 0 Å². The molecule has 1 aromatic carbocycles. The summed E-state index contributed by atoms with van der Waals surface area (Å²) in [6.45, 7) is 8.68. The molecular formula is C25H37N3O4S. The molecule has 33 heavy (non-hydrogen) atoms. The number of nitrogens with one attached hydrogen (secondary N) is 1. The minimum Gasteiger partial charge on any atom is -0.353 e. The van der Waals surface area contributed by atoms with Gasteiger partial charge < -0.3 is 10.2 Å². The molecule has 0 spiro atoms. The van der Waals surface area contributed by atoms with Gasteiger partial charge in [-0.25, -0.2) is 8.42 Å². The van der Waals surface area contributed by atoms with Crippen LogP contribution in [0.5, 0.6) is 0 Å². The second-order valence-electron chi connectivity index (χ2n) is 10.3. The van der Waals surface area contributed by atoms with Crippen LogP contribution in [0.25, 0.3) is 0 Å². The molecule has 2 fully saturated rings. The molecular weight excluding hydrogens is 438 g/mol. The Morgan fingerprint density at radius 3 is 2.39 bits per heavy atom. The zero-order valence-corrected chi connectivity index (χ0v) is 21.0. The molecule has 4 atom stereocenters. The van der Waals surface area contributed by atoms with Crippen molar-refractivity contribution in [1.82, 2.24) is 9.62 Å². The maximum atomic E-state index is 13.3. The number of hydrogen-bond donors (Lipinski definition) is 1. The predicted octanol–water partition coefficient (Wildman–Crippen LogP) is 3.33. The van der Waals surface area contributed by atoms with Crippen molar-refractivity contribution < 1.29 is 18.0 Å². The lowest BCUT2D eigenvalue weighted by atomic mass is 9.78. The van der Waals surface area contributed by atoms with Gasteiger partial charge in [0, 0.05) is 43.7 Å². The largest absolute Gasteiger partial charge is 0.353 e. The summed E-state index contributed by atoms with van der Waals surface area (Å²) in [6, 6.07) is 5.33. The minimum atomic E-state index is -3.63. The van der Waals surface area contributed by atoms with Crippen LogP contribution < -0.4 is 10.2 Å². The van der Waals surface area contributed by atoms with E-state index in [1.54, 1.807) is 23.1 Å². The first kappa shape index (κ1) is 24.2. The van der Waals surface area contributed by atoms with E-state index in [4.69, 9.17) is 0 Å². The molecule has 2 heterocycles. The van der Waals surface area contributed by atoms with Crippen molar-refractivity contribution in [3.8, 4) is 0 Å². The lowest BCUT2D eigenvalue weighted by Gasteiger charge is -2.36. The van der Waals surface area contributed by atoms with Gasteiger partial charge in [-0.2, -0.15) is 4.31 Å². The highest BCUT2D eigenvalue weighted by Crippen LogP contribution is 2.35. The number of amides is 2. The van der Waals surface area contributed by atoms with Crippen LogP contribution in [0, 0.1) is 17.8 Å². The summed E-state index contributed by atoms with van der Waals surface area (Å²) in [7, 11) is -3.63. The second-order valence-corrected chi connectivity index (χ2v) is 12.2. The quantitative estimate of drug-likeness (QED) is 0.724. The predicted molar refractivity (Wildman–Crippen MR) is 128 cm³/mol. The molecule has 0 bridgehead atoms. The SMILES string of the molecule is CC(=O)N1c2ccc(S(=O)(=O)N3CCC(C(=O)N[C@@H]4CCC[C@H](C)[C@H]4C)CC3)cc2C[C@H]1C. The number of anilines is 1. The number of fused-ring (bicyclic) bond motifs is 1. The van der Waals surface area contributed by atoms with Gasteiger partial charge in [-0.15, -0.1) is 0 Å². The van der Waals surface area contributed by atoms with Gasteiger partial charge in [-0.1, -0.05) is 26.7 Å². The first-order valence-electron chi connectivity index (χ1n) is 12.3. The topological polar surface area (TPSA) is 86.8 Å². The van der Waals surface area contributed by atoms with E-state index in [9.17, 15) is 18.0 Å². The van der Waals surface area contributed by atoms with E-state index in [0.29, 0.717) is 44.2 Å². The number of carbonyl (C=O) groups excluding carboxylic acids is 2. The molecule has 0 radical (unpaired) electrons. The standard InChI is InChI=1S/C25H37N3O4S/c1-16-6-5-7-23(18(16)3)26-25(30)20-10-12-27(13-11-20)33(31,32)22-8-9-24-21(15-22)14-17(2)28(24)19(4)29/h8-9,15-18,20,23H,5-7,10-14H2,1-4H3,(H,26,30)/t16-,17+,18+,23+/m0/s1. The lowest BCUT2D eigenvalue weighted by molar-refractivity contribution is -0.127. The average molecular weight is 476 g/mol. The van der Waals surface area contributed by atoms with Crippen LogP contribution in [0.15, 0.2) is 23.1 Å². The van der Waals surface area contributed by atoms with E-state index in [0.717, 1.165) is 24.1 Å². The molecule has 0 unspecified atom stereocenters. The molecule has 7 nitrogen and oxygen atoms in total. The van der Waals surface area contributed by atoms with Crippen LogP contribution >= 0.6 is 0 Å². The highest BCUT2D eigenvalue weighted by Gasteiger charge is 2.36. The zero-order chi connectivity index (χ0) is 23.9. The maximum Gasteiger partial charge on any atom is 0.243 e. The van der Waals surface area contributed by atoms with E-state index in [1.165, 1.54) is 17.6 Å². The van der Waals surface area contributed by atoms with Gasteiger partial charge in [-0.3, -0.25) is 9.59 Å². The molecule has 8 heteroatoms.